The first-order valence-electron chi connectivity index (χ1n) is 9.76. The smallest absolute Gasteiger partial charge is 0.162 e. The fraction of sp³-hybridized carbons (Fsp3) is 0. The highest BCUT2D eigenvalue weighted by molar-refractivity contribution is 5.90. The molecule has 4 heterocycles. The molecule has 0 spiro atoms. The highest BCUT2D eigenvalue weighted by Crippen LogP contribution is 2.29. The number of pyridine rings is 1. The van der Waals surface area contributed by atoms with Gasteiger partial charge in [-0.15, -0.1) is 0 Å². The zero-order chi connectivity index (χ0) is 20.6. The molecule has 0 aliphatic rings. The number of hydrogen-bond acceptors (Lipinski definition) is 6. The van der Waals surface area contributed by atoms with Gasteiger partial charge in [-0.1, -0.05) is 24.3 Å². The largest absolute Gasteiger partial charge is 0.338 e. The topological polar surface area (TPSA) is 108 Å². The molecule has 2 aromatic carbocycles. The standard InChI is InChI=1S/C23H16N8/c1-3-14(16-5-2-8-24-11-16)9-15(4-1)22-28-20-13-26-31-21(20)23(29-22)27-18-7-6-17-12-25-30-19(17)10-18/h1-13H,(H,25,30)(H,26,31)(H,27,28,29). The number of nitrogens with one attached hydrogen (secondary N) is 3. The van der Waals surface area contributed by atoms with E-state index in [1.54, 1.807) is 18.6 Å². The average Bonchev–Trinajstić information content (AvgIpc) is 3.49. The summed E-state index contributed by atoms with van der Waals surface area (Å²) in [6.45, 7) is 0. The van der Waals surface area contributed by atoms with Gasteiger partial charge in [-0.2, -0.15) is 10.2 Å². The van der Waals surface area contributed by atoms with Crippen LogP contribution in [0, 0.1) is 0 Å². The minimum Gasteiger partial charge on any atom is -0.338 e. The van der Waals surface area contributed by atoms with Crippen LogP contribution in [0.25, 0.3) is 44.5 Å². The predicted molar refractivity (Wildman–Crippen MR) is 120 cm³/mol. The third-order valence-corrected chi connectivity index (χ3v) is 5.12. The Morgan fingerprint density at radius 1 is 0.742 bits per heavy atom. The van der Waals surface area contributed by atoms with Gasteiger partial charge in [0.1, 0.15) is 11.0 Å². The second-order valence-corrected chi connectivity index (χ2v) is 7.15. The lowest BCUT2D eigenvalue weighted by Gasteiger charge is -2.10. The Labute approximate surface area is 176 Å². The Balaban J connectivity index is 1.44. The molecule has 0 bridgehead atoms. The lowest BCUT2D eigenvalue weighted by atomic mass is 10.0. The van der Waals surface area contributed by atoms with Crippen molar-refractivity contribution in [2.75, 3.05) is 5.32 Å². The second-order valence-electron chi connectivity index (χ2n) is 7.15. The first-order chi connectivity index (χ1) is 15.3. The number of fused-ring (bicyclic) bond motifs is 2. The maximum atomic E-state index is 4.81. The molecule has 0 saturated carbocycles. The van der Waals surface area contributed by atoms with Crippen molar-refractivity contribution in [3.63, 3.8) is 0 Å². The number of anilines is 2. The summed E-state index contributed by atoms with van der Waals surface area (Å²) in [5.74, 6) is 1.27. The lowest BCUT2D eigenvalue weighted by Crippen LogP contribution is -1.99. The van der Waals surface area contributed by atoms with Crippen LogP contribution in [0.3, 0.4) is 0 Å². The number of benzene rings is 2. The van der Waals surface area contributed by atoms with Crippen LogP contribution < -0.4 is 5.32 Å². The predicted octanol–water partition coefficient (Wildman–Crippen LogP) is 4.70. The third-order valence-electron chi connectivity index (χ3n) is 5.12. The molecule has 31 heavy (non-hydrogen) atoms. The molecule has 0 radical (unpaired) electrons. The number of nitrogens with zero attached hydrogens (tertiary/aromatic N) is 5. The van der Waals surface area contributed by atoms with Gasteiger partial charge in [-0.3, -0.25) is 15.2 Å². The number of rotatable bonds is 4. The normalized spacial score (nSPS) is 11.2. The molecule has 0 aliphatic carbocycles. The van der Waals surface area contributed by atoms with Crippen molar-refractivity contribution >= 4 is 33.4 Å². The first-order valence-corrected chi connectivity index (χ1v) is 9.76. The van der Waals surface area contributed by atoms with E-state index in [4.69, 9.17) is 9.97 Å². The van der Waals surface area contributed by atoms with Gasteiger partial charge in [0.25, 0.3) is 0 Å². The van der Waals surface area contributed by atoms with E-state index >= 15 is 0 Å². The summed E-state index contributed by atoms with van der Waals surface area (Å²) >= 11 is 0. The number of aromatic amines is 2. The molecule has 4 aromatic heterocycles. The fourth-order valence-electron chi connectivity index (χ4n) is 3.58. The molecule has 0 amide bonds. The van der Waals surface area contributed by atoms with Crippen molar-refractivity contribution in [1.82, 2.24) is 35.3 Å². The fourth-order valence-corrected chi connectivity index (χ4v) is 3.58. The van der Waals surface area contributed by atoms with E-state index in [1.807, 2.05) is 48.7 Å². The van der Waals surface area contributed by atoms with Crippen LogP contribution in [-0.2, 0) is 0 Å². The van der Waals surface area contributed by atoms with Gasteiger partial charge in [0.05, 0.1) is 17.9 Å². The second kappa shape index (κ2) is 7.03. The summed E-state index contributed by atoms with van der Waals surface area (Å²) in [7, 11) is 0. The number of aromatic nitrogens is 7. The van der Waals surface area contributed by atoms with E-state index < -0.39 is 0 Å². The lowest BCUT2D eigenvalue weighted by molar-refractivity contribution is 1.11. The molecule has 8 nitrogen and oxygen atoms in total. The molecular formula is C23H16N8. The quantitative estimate of drug-likeness (QED) is 0.393. The third kappa shape index (κ3) is 3.16. The zero-order valence-corrected chi connectivity index (χ0v) is 16.2. The van der Waals surface area contributed by atoms with Crippen LogP contribution in [0.5, 0.6) is 0 Å². The first kappa shape index (κ1) is 17.3. The summed E-state index contributed by atoms with van der Waals surface area (Å²) in [6.07, 6.45) is 7.11. The van der Waals surface area contributed by atoms with E-state index in [0.29, 0.717) is 11.6 Å². The van der Waals surface area contributed by atoms with Crippen LogP contribution >= 0.6 is 0 Å². The highest BCUT2D eigenvalue weighted by atomic mass is 15.2. The summed E-state index contributed by atoms with van der Waals surface area (Å²) in [5, 5.41) is 18.7. The Kier molecular flexibility index (Phi) is 3.92. The molecule has 148 valence electrons. The van der Waals surface area contributed by atoms with Crippen molar-refractivity contribution < 1.29 is 0 Å². The maximum Gasteiger partial charge on any atom is 0.162 e. The molecule has 3 N–H and O–H groups in total. The molecule has 8 heteroatoms. The molecule has 0 saturated heterocycles. The Morgan fingerprint density at radius 2 is 1.65 bits per heavy atom. The Hall–Kier alpha value is -4.59. The Morgan fingerprint density at radius 3 is 2.58 bits per heavy atom. The van der Waals surface area contributed by atoms with Gasteiger partial charge in [-0.25, -0.2) is 9.97 Å². The minimum absolute atomic E-state index is 0.616. The number of hydrogen-bond donors (Lipinski definition) is 3. The van der Waals surface area contributed by atoms with Crippen LogP contribution in [0.1, 0.15) is 0 Å². The monoisotopic (exact) mass is 404 g/mol. The van der Waals surface area contributed by atoms with E-state index in [2.05, 4.69) is 42.8 Å². The molecule has 0 atom stereocenters. The van der Waals surface area contributed by atoms with E-state index in [0.717, 1.165) is 44.3 Å². The Bertz CT molecular complexity index is 1520. The van der Waals surface area contributed by atoms with Gasteiger partial charge in [0.2, 0.25) is 0 Å². The summed E-state index contributed by atoms with van der Waals surface area (Å²) in [6, 6.07) is 18.1. The highest BCUT2D eigenvalue weighted by Gasteiger charge is 2.13. The molecule has 0 fully saturated rings. The summed E-state index contributed by atoms with van der Waals surface area (Å²) < 4.78 is 0. The van der Waals surface area contributed by atoms with Crippen molar-refractivity contribution in [3.8, 4) is 22.5 Å². The van der Waals surface area contributed by atoms with Crippen LogP contribution in [0.15, 0.2) is 79.4 Å². The summed E-state index contributed by atoms with van der Waals surface area (Å²) in [4.78, 5) is 13.7. The van der Waals surface area contributed by atoms with E-state index in [9.17, 15) is 0 Å². The van der Waals surface area contributed by atoms with Gasteiger partial charge >= 0.3 is 0 Å². The van der Waals surface area contributed by atoms with Gasteiger partial charge in [0, 0.05) is 34.6 Å². The van der Waals surface area contributed by atoms with Crippen molar-refractivity contribution in [1.29, 1.82) is 0 Å². The zero-order valence-electron chi connectivity index (χ0n) is 16.2. The van der Waals surface area contributed by atoms with Crippen molar-refractivity contribution in [2.45, 2.75) is 0 Å². The van der Waals surface area contributed by atoms with Crippen molar-refractivity contribution in [2.24, 2.45) is 0 Å². The van der Waals surface area contributed by atoms with Gasteiger partial charge in [0.15, 0.2) is 11.6 Å². The van der Waals surface area contributed by atoms with Gasteiger partial charge in [-0.05, 0) is 35.9 Å². The molecule has 6 aromatic rings. The molecular weight excluding hydrogens is 388 g/mol. The van der Waals surface area contributed by atoms with E-state index in [-0.39, 0.29) is 0 Å². The average molecular weight is 404 g/mol. The molecule has 0 unspecified atom stereocenters. The minimum atomic E-state index is 0.616. The van der Waals surface area contributed by atoms with Crippen LogP contribution in [-0.4, -0.2) is 35.3 Å². The molecule has 6 rings (SSSR count). The van der Waals surface area contributed by atoms with Crippen molar-refractivity contribution in [3.05, 3.63) is 79.4 Å². The summed E-state index contributed by atoms with van der Waals surface area (Å²) in [5.41, 5.74) is 6.33. The van der Waals surface area contributed by atoms with Crippen LogP contribution in [0.4, 0.5) is 11.5 Å². The SMILES string of the molecule is c1cncc(-c2cccc(-c3nc(Nc4ccc5cn[nH]c5c4)c4[nH]ncc4n3)c2)c1. The molecule has 0 aliphatic heterocycles. The van der Waals surface area contributed by atoms with Crippen LogP contribution in [0.2, 0.25) is 0 Å². The van der Waals surface area contributed by atoms with Gasteiger partial charge < -0.3 is 5.32 Å². The number of H-pyrrole nitrogens is 2. The van der Waals surface area contributed by atoms with E-state index in [1.165, 1.54) is 0 Å². The maximum absolute atomic E-state index is 4.81.